The van der Waals surface area contributed by atoms with Crippen LogP contribution in [0, 0.1) is 3.57 Å². The minimum atomic E-state index is -0.171. The Bertz CT molecular complexity index is 730. The van der Waals surface area contributed by atoms with Crippen molar-refractivity contribution in [1.82, 2.24) is 14.4 Å². The first-order valence-corrected chi connectivity index (χ1v) is 6.15. The molecule has 3 aromatic rings. The van der Waals surface area contributed by atoms with Gasteiger partial charge in [-0.25, -0.2) is 14.2 Å². The molecule has 0 spiro atoms. The van der Waals surface area contributed by atoms with Gasteiger partial charge in [0.25, 0.3) is 0 Å². The number of halogens is 1. The standard InChI is InChI=1S/C12H8IN3O/c13-9-6-14-12(17)16-7-10(15-11(9)16)8-4-2-1-3-5-8/h1-7H,(H,14,17). The van der Waals surface area contributed by atoms with E-state index < -0.39 is 0 Å². The zero-order valence-electron chi connectivity index (χ0n) is 8.72. The average Bonchev–Trinajstić information content (AvgIpc) is 2.81. The number of rotatable bonds is 1. The summed E-state index contributed by atoms with van der Waals surface area (Å²) in [5.41, 5.74) is 2.33. The molecule has 0 amide bonds. The van der Waals surface area contributed by atoms with Crippen molar-refractivity contribution < 1.29 is 0 Å². The van der Waals surface area contributed by atoms with Crippen molar-refractivity contribution in [2.24, 2.45) is 0 Å². The minimum absolute atomic E-state index is 0.171. The third-order valence-corrected chi connectivity index (χ3v) is 3.32. The van der Waals surface area contributed by atoms with Gasteiger partial charge in [-0.15, -0.1) is 0 Å². The molecule has 2 heterocycles. The van der Waals surface area contributed by atoms with E-state index in [1.165, 1.54) is 4.40 Å². The predicted molar refractivity (Wildman–Crippen MR) is 74.0 cm³/mol. The molecule has 17 heavy (non-hydrogen) atoms. The Balaban J connectivity index is 2.31. The van der Waals surface area contributed by atoms with Gasteiger partial charge in [0.05, 0.1) is 9.26 Å². The number of hydrogen-bond donors (Lipinski definition) is 1. The van der Waals surface area contributed by atoms with Gasteiger partial charge in [0.2, 0.25) is 0 Å². The number of aromatic nitrogens is 3. The van der Waals surface area contributed by atoms with Gasteiger partial charge >= 0.3 is 5.69 Å². The van der Waals surface area contributed by atoms with E-state index in [0.29, 0.717) is 5.65 Å². The zero-order chi connectivity index (χ0) is 11.8. The molecule has 3 rings (SSSR count). The van der Waals surface area contributed by atoms with Crippen LogP contribution in [-0.4, -0.2) is 14.4 Å². The Kier molecular flexibility index (Phi) is 2.47. The molecule has 0 atom stereocenters. The highest BCUT2D eigenvalue weighted by atomic mass is 127. The second kappa shape index (κ2) is 3.99. The summed E-state index contributed by atoms with van der Waals surface area (Å²) in [6.07, 6.45) is 3.42. The highest BCUT2D eigenvalue weighted by Gasteiger charge is 2.08. The van der Waals surface area contributed by atoms with Crippen molar-refractivity contribution in [3.8, 4) is 11.3 Å². The van der Waals surface area contributed by atoms with Crippen molar-refractivity contribution in [3.63, 3.8) is 0 Å². The van der Waals surface area contributed by atoms with Gasteiger partial charge in [-0.2, -0.15) is 0 Å². The lowest BCUT2D eigenvalue weighted by Gasteiger charge is -1.92. The van der Waals surface area contributed by atoms with E-state index in [2.05, 4.69) is 32.6 Å². The van der Waals surface area contributed by atoms with Crippen LogP contribution in [-0.2, 0) is 0 Å². The summed E-state index contributed by atoms with van der Waals surface area (Å²) < 4.78 is 2.45. The SMILES string of the molecule is O=c1[nH]cc(I)c2nc(-c3ccccc3)cn12. The summed E-state index contributed by atoms with van der Waals surface area (Å²) in [4.78, 5) is 18.8. The van der Waals surface area contributed by atoms with Gasteiger partial charge in [-0.05, 0) is 22.6 Å². The Morgan fingerprint density at radius 2 is 2.00 bits per heavy atom. The van der Waals surface area contributed by atoms with Crippen molar-refractivity contribution in [1.29, 1.82) is 0 Å². The summed E-state index contributed by atoms with van der Waals surface area (Å²) in [5.74, 6) is 0. The normalized spacial score (nSPS) is 10.9. The molecule has 0 bridgehead atoms. The van der Waals surface area contributed by atoms with Crippen LogP contribution in [0.4, 0.5) is 0 Å². The Hall–Kier alpha value is -1.63. The number of fused-ring (bicyclic) bond motifs is 1. The number of H-pyrrole nitrogens is 1. The summed E-state index contributed by atoms with van der Waals surface area (Å²) in [6, 6.07) is 9.81. The van der Waals surface area contributed by atoms with E-state index in [0.717, 1.165) is 14.8 Å². The van der Waals surface area contributed by atoms with Gasteiger partial charge in [-0.1, -0.05) is 30.3 Å². The second-order valence-corrected chi connectivity index (χ2v) is 4.79. The molecule has 0 radical (unpaired) electrons. The highest BCUT2D eigenvalue weighted by Crippen LogP contribution is 2.19. The number of hydrogen-bond acceptors (Lipinski definition) is 2. The summed E-state index contributed by atoms with van der Waals surface area (Å²) in [6.45, 7) is 0. The Morgan fingerprint density at radius 3 is 2.71 bits per heavy atom. The predicted octanol–water partition coefficient (Wildman–Crippen LogP) is 2.29. The fourth-order valence-corrected chi connectivity index (χ4v) is 2.25. The number of imidazole rings is 1. The molecular formula is C12H8IN3O. The van der Waals surface area contributed by atoms with Crippen LogP contribution in [0.3, 0.4) is 0 Å². The fourth-order valence-electron chi connectivity index (χ4n) is 1.71. The molecule has 0 aliphatic carbocycles. The molecule has 0 saturated heterocycles. The molecule has 4 nitrogen and oxygen atoms in total. The summed E-state index contributed by atoms with van der Waals surface area (Å²) in [7, 11) is 0. The first-order chi connectivity index (χ1) is 8.25. The van der Waals surface area contributed by atoms with Crippen LogP contribution >= 0.6 is 22.6 Å². The molecule has 5 heteroatoms. The molecule has 0 saturated carbocycles. The average molecular weight is 337 g/mol. The van der Waals surface area contributed by atoms with Crippen LogP contribution in [0.25, 0.3) is 16.9 Å². The fraction of sp³-hybridized carbons (Fsp3) is 0. The van der Waals surface area contributed by atoms with E-state index >= 15 is 0 Å². The molecule has 0 aliphatic rings. The van der Waals surface area contributed by atoms with Gasteiger partial charge in [0.15, 0.2) is 5.65 Å². The molecule has 0 unspecified atom stereocenters. The maximum atomic E-state index is 11.6. The first kappa shape index (κ1) is 10.5. The maximum absolute atomic E-state index is 11.6. The largest absolute Gasteiger partial charge is 0.331 e. The van der Waals surface area contributed by atoms with Crippen LogP contribution < -0.4 is 5.69 Å². The Morgan fingerprint density at radius 1 is 1.24 bits per heavy atom. The molecule has 1 aromatic carbocycles. The topological polar surface area (TPSA) is 50.2 Å². The van der Waals surface area contributed by atoms with Gasteiger partial charge in [0, 0.05) is 18.0 Å². The lowest BCUT2D eigenvalue weighted by Crippen LogP contribution is -2.15. The number of aromatic amines is 1. The van der Waals surface area contributed by atoms with Gasteiger partial charge < -0.3 is 4.98 Å². The minimum Gasteiger partial charge on any atom is -0.313 e. The number of nitrogens with one attached hydrogen (secondary N) is 1. The van der Waals surface area contributed by atoms with E-state index in [-0.39, 0.29) is 5.69 Å². The van der Waals surface area contributed by atoms with Crippen molar-refractivity contribution >= 4 is 28.2 Å². The maximum Gasteiger partial charge on any atom is 0.331 e. The second-order valence-electron chi connectivity index (χ2n) is 3.63. The molecular weight excluding hydrogens is 329 g/mol. The molecule has 2 aromatic heterocycles. The first-order valence-electron chi connectivity index (χ1n) is 5.07. The van der Waals surface area contributed by atoms with Crippen LogP contribution in [0.1, 0.15) is 0 Å². The van der Waals surface area contributed by atoms with Crippen molar-refractivity contribution in [2.45, 2.75) is 0 Å². The quantitative estimate of drug-likeness (QED) is 0.693. The third kappa shape index (κ3) is 1.76. The van der Waals surface area contributed by atoms with Crippen LogP contribution in [0.15, 0.2) is 47.5 Å². The Labute approximate surface area is 110 Å². The molecule has 84 valence electrons. The van der Waals surface area contributed by atoms with Crippen LogP contribution in [0.5, 0.6) is 0 Å². The molecule has 0 aliphatic heterocycles. The smallest absolute Gasteiger partial charge is 0.313 e. The molecule has 0 fully saturated rings. The third-order valence-electron chi connectivity index (χ3n) is 2.53. The van der Waals surface area contributed by atoms with Gasteiger partial charge in [-0.3, -0.25) is 0 Å². The van der Waals surface area contributed by atoms with E-state index in [9.17, 15) is 4.79 Å². The van der Waals surface area contributed by atoms with Gasteiger partial charge in [0.1, 0.15) is 0 Å². The highest BCUT2D eigenvalue weighted by molar-refractivity contribution is 14.1. The van der Waals surface area contributed by atoms with Crippen molar-refractivity contribution in [3.05, 3.63) is 56.8 Å². The van der Waals surface area contributed by atoms with Crippen LogP contribution in [0.2, 0.25) is 0 Å². The summed E-state index contributed by atoms with van der Waals surface area (Å²) >= 11 is 2.15. The van der Waals surface area contributed by atoms with E-state index in [1.807, 2.05) is 30.3 Å². The van der Waals surface area contributed by atoms with E-state index in [4.69, 9.17) is 0 Å². The number of nitrogens with zero attached hydrogens (tertiary/aromatic N) is 2. The monoisotopic (exact) mass is 337 g/mol. The summed E-state index contributed by atoms with van der Waals surface area (Å²) in [5, 5.41) is 0. The van der Waals surface area contributed by atoms with E-state index in [1.54, 1.807) is 12.4 Å². The number of benzene rings is 1. The lowest BCUT2D eigenvalue weighted by atomic mass is 10.2. The lowest BCUT2D eigenvalue weighted by molar-refractivity contribution is 0.995. The van der Waals surface area contributed by atoms with Crippen molar-refractivity contribution in [2.75, 3.05) is 0 Å². The zero-order valence-corrected chi connectivity index (χ0v) is 10.9. The molecule has 1 N–H and O–H groups in total.